The summed E-state index contributed by atoms with van der Waals surface area (Å²) in [5.74, 6) is 0.718. The third-order valence-corrected chi connectivity index (χ3v) is 6.57. The fourth-order valence-electron chi connectivity index (χ4n) is 4.78. The van der Waals surface area contributed by atoms with Crippen molar-refractivity contribution in [2.75, 3.05) is 10.6 Å². The Morgan fingerprint density at radius 3 is 1.85 bits per heavy atom. The summed E-state index contributed by atoms with van der Waals surface area (Å²) in [6.07, 6.45) is -2.69. The number of alkyl halides is 3. The number of pyridine rings is 1. The third kappa shape index (κ3) is 6.29. The van der Waals surface area contributed by atoms with E-state index < -0.39 is 11.7 Å². The second-order valence-electron chi connectivity index (χ2n) is 9.41. The maximum Gasteiger partial charge on any atom is 0.416 e. The number of nitrogens with one attached hydrogen (secondary N) is 2. The van der Waals surface area contributed by atoms with Gasteiger partial charge in [-0.15, -0.1) is 0 Å². The van der Waals surface area contributed by atoms with Crippen LogP contribution in [0.4, 0.5) is 24.7 Å². The Labute approximate surface area is 226 Å². The number of hydrogen-bond acceptors (Lipinski definition) is 3. The highest BCUT2D eigenvalue weighted by Gasteiger charge is 2.31. The van der Waals surface area contributed by atoms with E-state index >= 15 is 0 Å². The molecule has 2 atom stereocenters. The summed E-state index contributed by atoms with van der Waals surface area (Å²) in [6, 6.07) is 36.9. The van der Waals surface area contributed by atoms with E-state index in [4.69, 9.17) is 0 Å². The smallest absolute Gasteiger partial charge is 0.375 e. The third-order valence-electron chi connectivity index (χ3n) is 6.57. The molecule has 0 aliphatic carbocycles. The van der Waals surface area contributed by atoms with Crippen LogP contribution in [0.1, 0.15) is 34.3 Å². The van der Waals surface area contributed by atoms with Crippen LogP contribution in [0.3, 0.4) is 0 Å². The summed E-state index contributed by atoms with van der Waals surface area (Å²) in [6.45, 7) is 1.68. The van der Waals surface area contributed by atoms with Crippen LogP contribution in [-0.2, 0) is 6.18 Å². The molecule has 0 aliphatic rings. The number of rotatable bonds is 8. The number of hydrogen-bond donors (Lipinski definition) is 2. The Morgan fingerprint density at radius 1 is 0.641 bits per heavy atom. The molecule has 0 unspecified atom stereocenters. The van der Waals surface area contributed by atoms with E-state index in [9.17, 15) is 13.2 Å². The number of aryl methyl sites for hydroxylation is 1. The lowest BCUT2D eigenvalue weighted by molar-refractivity contribution is -0.137. The van der Waals surface area contributed by atoms with Crippen molar-refractivity contribution >= 4 is 11.5 Å². The van der Waals surface area contributed by atoms with Gasteiger partial charge in [0.25, 0.3) is 0 Å². The largest absolute Gasteiger partial charge is 0.416 e. The van der Waals surface area contributed by atoms with Gasteiger partial charge in [0.05, 0.1) is 17.6 Å². The number of aromatic nitrogens is 1. The zero-order valence-corrected chi connectivity index (χ0v) is 21.4. The number of nitrogens with zero attached hydrogens (tertiary/aromatic N) is 1. The normalized spacial score (nSPS) is 12.9. The van der Waals surface area contributed by atoms with Gasteiger partial charge in [-0.25, -0.2) is 4.98 Å². The molecule has 0 amide bonds. The molecule has 2 N–H and O–H groups in total. The van der Waals surface area contributed by atoms with E-state index in [-0.39, 0.29) is 12.1 Å². The second-order valence-corrected chi connectivity index (χ2v) is 9.41. The molecule has 5 rings (SSSR count). The molecule has 0 spiro atoms. The summed E-state index contributed by atoms with van der Waals surface area (Å²) < 4.78 is 41.0. The first-order valence-electron chi connectivity index (χ1n) is 12.7. The maximum atomic E-state index is 13.7. The van der Waals surface area contributed by atoms with E-state index in [2.05, 4.69) is 27.8 Å². The first-order valence-corrected chi connectivity index (χ1v) is 12.7. The Bertz CT molecular complexity index is 1500. The minimum atomic E-state index is -4.43. The zero-order valence-electron chi connectivity index (χ0n) is 21.4. The molecular weight excluding hydrogens is 495 g/mol. The van der Waals surface area contributed by atoms with Crippen molar-refractivity contribution in [3.63, 3.8) is 0 Å². The van der Waals surface area contributed by atoms with Crippen molar-refractivity contribution in [1.82, 2.24) is 4.98 Å². The van der Waals surface area contributed by atoms with E-state index in [1.165, 1.54) is 12.1 Å². The van der Waals surface area contributed by atoms with Gasteiger partial charge in [-0.2, -0.15) is 13.2 Å². The second kappa shape index (κ2) is 11.4. The van der Waals surface area contributed by atoms with Crippen LogP contribution < -0.4 is 10.6 Å². The van der Waals surface area contributed by atoms with Crippen LogP contribution >= 0.6 is 0 Å². The molecular formula is C33H28F3N3. The van der Waals surface area contributed by atoms with Gasteiger partial charge in [0.1, 0.15) is 5.82 Å². The van der Waals surface area contributed by atoms with Gasteiger partial charge in [0, 0.05) is 17.4 Å². The molecule has 0 aliphatic heterocycles. The van der Waals surface area contributed by atoms with Gasteiger partial charge in [-0.3, -0.25) is 0 Å². The van der Waals surface area contributed by atoms with Gasteiger partial charge < -0.3 is 10.6 Å². The van der Waals surface area contributed by atoms with E-state index in [0.717, 1.165) is 22.6 Å². The molecule has 0 bridgehead atoms. The number of benzene rings is 4. The summed E-state index contributed by atoms with van der Waals surface area (Å²) in [7, 11) is 0. The topological polar surface area (TPSA) is 37.0 Å². The summed E-state index contributed by atoms with van der Waals surface area (Å²) in [5.41, 5.74) is 3.87. The zero-order chi connectivity index (χ0) is 27.2. The molecule has 1 heterocycles. The predicted molar refractivity (Wildman–Crippen MR) is 151 cm³/mol. The number of halogens is 3. The summed E-state index contributed by atoms with van der Waals surface area (Å²) in [5, 5.41) is 7.28. The van der Waals surface area contributed by atoms with Crippen molar-refractivity contribution < 1.29 is 13.2 Å². The summed E-state index contributed by atoms with van der Waals surface area (Å²) >= 11 is 0. The Kier molecular flexibility index (Phi) is 7.64. The van der Waals surface area contributed by atoms with Crippen molar-refractivity contribution in [2.45, 2.75) is 25.2 Å². The molecule has 0 saturated carbocycles. The molecule has 4 aromatic carbocycles. The van der Waals surface area contributed by atoms with Gasteiger partial charge in [0.15, 0.2) is 0 Å². The lowest BCUT2D eigenvalue weighted by Crippen LogP contribution is -2.26. The quantitative estimate of drug-likeness (QED) is 0.213. The lowest BCUT2D eigenvalue weighted by atomic mass is 9.92. The predicted octanol–water partition coefficient (Wildman–Crippen LogP) is 9.08. The molecule has 5 aromatic rings. The van der Waals surface area contributed by atoms with E-state index in [1.807, 2.05) is 91.0 Å². The minimum Gasteiger partial charge on any atom is -0.375 e. The molecule has 0 fully saturated rings. The first-order chi connectivity index (χ1) is 18.9. The summed E-state index contributed by atoms with van der Waals surface area (Å²) in [4.78, 5) is 4.49. The number of anilines is 2. The average molecular weight is 524 g/mol. The van der Waals surface area contributed by atoms with Crippen molar-refractivity contribution in [2.24, 2.45) is 0 Å². The average Bonchev–Trinajstić information content (AvgIpc) is 2.96. The fraction of sp³-hybridized carbons (Fsp3) is 0.121. The fourth-order valence-corrected chi connectivity index (χ4v) is 4.78. The van der Waals surface area contributed by atoms with Gasteiger partial charge in [0.2, 0.25) is 0 Å². The molecule has 196 valence electrons. The standard InChI is InChI=1S/C33H28F3N3/c1-23-20-26(22-27(21-23)33(34,35)36)28-16-8-9-17-29(28)38-31(24-12-4-2-5-13-24)32(25-14-6-3-7-15-25)39-30-18-10-11-19-37-30/h2-22,31-32,38H,1H3,(H,37,39)/t31-,32-/m0/s1. The molecule has 39 heavy (non-hydrogen) atoms. The van der Waals surface area contributed by atoms with E-state index in [0.29, 0.717) is 16.7 Å². The van der Waals surface area contributed by atoms with Crippen LogP contribution in [0.5, 0.6) is 0 Å². The monoisotopic (exact) mass is 523 g/mol. The first kappa shape index (κ1) is 26.0. The molecule has 0 saturated heterocycles. The van der Waals surface area contributed by atoms with Crippen molar-refractivity contribution in [1.29, 1.82) is 0 Å². The van der Waals surface area contributed by atoms with Crippen molar-refractivity contribution in [3.05, 3.63) is 150 Å². The Morgan fingerprint density at radius 2 is 1.23 bits per heavy atom. The van der Waals surface area contributed by atoms with Crippen LogP contribution in [0.2, 0.25) is 0 Å². The highest BCUT2D eigenvalue weighted by molar-refractivity contribution is 5.79. The Balaban J connectivity index is 1.61. The highest BCUT2D eigenvalue weighted by atomic mass is 19.4. The van der Waals surface area contributed by atoms with Crippen molar-refractivity contribution in [3.8, 4) is 11.1 Å². The molecule has 3 nitrogen and oxygen atoms in total. The van der Waals surface area contributed by atoms with Crippen LogP contribution in [-0.4, -0.2) is 4.98 Å². The molecule has 0 radical (unpaired) electrons. The van der Waals surface area contributed by atoms with E-state index in [1.54, 1.807) is 19.2 Å². The molecule has 6 heteroatoms. The lowest BCUT2D eigenvalue weighted by Gasteiger charge is -2.32. The number of para-hydroxylation sites is 1. The molecule has 1 aromatic heterocycles. The van der Waals surface area contributed by atoms with Gasteiger partial charge in [-0.05, 0) is 59.5 Å². The van der Waals surface area contributed by atoms with Crippen LogP contribution in [0.15, 0.2) is 128 Å². The highest BCUT2D eigenvalue weighted by Crippen LogP contribution is 2.39. The maximum absolute atomic E-state index is 13.7. The van der Waals surface area contributed by atoms with Gasteiger partial charge in [-0.1, -0.05) is 91.0 Å². The minimum absolute atomic E-state index is 0.250. The van der Waals surface area contributed by atoms with Crippen LogP contribution in [0, 0.1) is 6.92 Å². The van der Waals surface area contributed by atoms with Gasteiger partial charge >= 0.3 is 6.18 Å². The van der Waals surface area contributed by atoms with Crippen LogP contribution in [0.25, 0.3) is 11.1 Å². The Hall–Kier alpha value is -4.58. The SMILES string of the molecule is Cc1cc(-c2ccccc2N[C@@H](c2ccccc2)[C@@H](Nc2ccccn2)c2ccccc2)cc(C(F)(F)F)c1.